The van der Waals surface area contributed by atoms with Crippen LogP contribution in [0.15, 0.2) is 0 Å². The Bertz CT molecular complexity index is 301. The molecular formula is C14H27N3O2. The second kappa shape index (κ2) is 6.57. The lowest BCUT2D eigenvalue weighted by molar-refractivity contribution is 0.0937. The number of piperidine rings is 1. The van der Waals surface area contributed by atoms with Crippen LogP contribution in [0, 0.1) is 5.92 Å². The molecule has 5 nitrogen and oxygen atoms in total. The molecule has 1 atom stereocenters. The third kappa shape index (κ3) is 4.08. The van der Waals surface area contributed by atoms with E-state index in [9.17, 15) is 4.79 Å². The van der Waals surface area contributed by atoms with Crippen molar-refractivity contribution in [3.05, 3.63) is 0 Å². The van der Waals surface area contributed by atoms with Crippen LogP contribution in [-0.4, -0.2) is 60.8 Å². The summed E-state index contributed by atoms with van der Waals surface area (Å²) in [7, 11) is 0. The third-order valence-electron chi connectivity index (χ3n) is 4.05. The Morgan fingerprint density at radius 3 is 2.58 bits per heavy atom. The van der Waals surface area contributed by atoms with Gasteiger partial charge in [-0.1, -0.05) is 13.8 Å². The summed E-state index contributed by atoms with van der Waals surface area (Å²) in [6.45, 7) is 8.39. The number of carbonyl (C=O) groups is 1. The topological polar surface area (TPSA) is 58.8 Å². The fourth-order valence-corrected chi connectivity index (χ4v) is 2.82. The molecule has 0 bridgehead atoms. The van der Waals surface area contributed by atoms with Crippen LogP contribution >= 0.6 is 0 Å². The van der Waals surface area contributed by atoms with Gasteiger partial charge in [0.05, 0.1) is 6.61 Å². The van der Waals surface area contributed by atoms with E-state index >= 15 is 0 Å². The number of rotatable bonds is 3. The first-order valence-corrected chi connectivity index (χ1v) is 7.47. The minimum Gasteiger partial charge on any atom is -0.449 e. The van der Waals surface area contributed by atoms with Crippen molar-refractivity contribution in [2.75, 3.05) is 32.8 Å². The average molecular weight is 269 g/mol. The zero-order chi connectivity index (χ0) is 13.8. The largest absolute Gasteiger partial charge is 0.449 e. The van der Waals surface area contributed by atoms with Crippen molar-refractivity contribution >= 4 is 6.09 Å². The van der Waals surface area contributed by atoms with Gasteiger partial charge >= 0.3 is 6.09 Å². The number of ether oxygens (including phenoxy) is 1. The lowest BCUT2D eigenvalue weighted by atomic mass is 10.0. The number of hydrogen-bond donors (Lipinski definition) is 1. The Kier molecular flexibility index (Phi) is 5.05. The lowest BCUT2D eigenvalue weighted by Gasteiger charge is -2.34. The van der Waals surface area contributed by atoms with E-state index in [0.29, 0.717) is 24.6 Å². The summed E-state index contributed by atoms with van der Waals surface area (Å²) in [6.07, 6.45) is 3.07. The van der Waals surface area contributed by atoms with Gasteiger partial charge in [-0.2, -0.15) is 0 Å². The Morgan fingerprint density at radius 2 is 1.95 bits per heavy atom. The van der Waals surface area contributed by atoms with E-state index in [-0.39, 0.29) is 6.09 Å². The Morgan fingerprint density at radius 1 is 1.26 bits per heavy atom. The molecular weight excluding hydrogens is 242 g/mol. The molecule has 0 aromatic rings. The Balaban J connectivity index is 1.75. The van der Waals surface area contributed by atoms with Gasteiger partial charge in [-0.15, -0.1) is 0 Å². The number of likely N-dealkylation sites (tertiary alicyclic amines) is 2. The molecule has 2 N–H and O–H groups in total. The first-order valence-electron chi connectivity index (χ1n) is 7.47. The van der Waals surface area contributed by atoms with Crippen molar-refractivity contribution < 1.29 is 9.53 Å². The number of nitrogens with two attached hydrogens (primary N) is 1. The van der Waals surface area contributed by atoms with Gasteiger partial charge in [-0.05, 0) is 38.3 Å². The molecule has 0 spiro atoms. The fourth-order valence-electron chi connectivity index (χ4n) is 2.82. The molecule has 0 aromatic carbocycles. The first kappa shape index (κ1) is 14.6. The van der Waals surface area contributed by atoms with Crippen molar-refractivity contribution in [3.8, 4) is 0 Å². The molecule has 0 saturated carbocycles. The molecule has 2 fully saturated rings. The second-order valence-electron chi connectivity index (χ2n) is 6.23. The maximum atomic E-state index is 11.9. The van der Waals surface area contributed by atoms with Crippen LogP contribution in [0.1, 0.15) is 33.1 Å². The van der Waals surface area contributed by atoms with Crippen molar-refractivity contribution in [1.29, 1.82) is 0 Å². The van der Waals surface area contributed by atoms with Gasteiger partial charge in [0.15, 0.2) is 0 Å². The minimum atomic E-state index is -0.148. The van der Waals surface area contributed by atoms with Crippen LogP contribution < -0.4 is 5.73 Å². The van der Waals surface area contributed by atoms with E-state index in [0.717, 1.165) is 45.4 Å². The van der Waals surface area contributed by atoms with Gasteiger partial charge in [-0.3, -0.25) is 4.90 Å². The molecule has 2 heterocycles. The zero-order valence-electron chi connectivity index (χ0n) is 12.2. The molecule has 1 unspecified atom stereocenters. The molecule has 0 aliphatic carbocycles. The highest BCUT2D eigenvalue weighted by molar-refractivity contribution is 5.68. The summed E-state index contributed by atoms with van der Waals surface area (Å²) in [5.74, 6) is 0.394. The van der Waals surface area contributed by atoms with Crippen molar-refractivity contribution in [3.63, 3.8) is 0 Å². The van der Waals surface area contributed by atoms with Crippen molar-refractivity contribution in [2.24, 2.45) is 11.7 Å². The molecule has 2 saturated heterocycles. The molecule has 5 heteroatoms. The third-order valence-corrected chi connectivity index (χ3v) is 4.05. The van der Waals surface area contributed by atoms with Gasteiger partial charge in [0, 0.05) is 25.2 Å². The Hall–Kier alpha value is -0.810. The van der Waals surface area contributed by atoms with Crippen LogP contribution in [-0.2, 0) is 4.74 Å². The summed E-state index contributed by atoms with van der Waals surface area (Å²) in [5, 5.41) is 0. The standard InChI is InChI=1S/C14H27N3O2/c1-11(2)10-19-14(18)17-8-5-13(9-17)16-6-3-12(15)4-7-16/h11-13H,3-10,15H2,1-2H3. The summed E-state index contributed by atoms with van der Waals surface area (Å²) >= 11 is 0. The summed E-state index contributed by atoms with van der Waals surface area (Å²) in [4.78, 5) is 16.2. The fraction of sp³-hybridized carbons (Fsp3) is 0.929. The molecule has 1 amide bonds. The molecule has 2 aliphatic rings. The summed E-state index contributed by atoms with van der Waals surface area (Å²) < 4.78 is 5.29. The van der Waals surface area contributed by atoms with E-state index in [2.05, 4.69) is 18.7 Å². The summed E-state index contributed by atoms with van der Waals surface area (Å²) in [6, 6.07) is 0.865. The summed E-state index contributed by atoms with van der Waals surface area (Å²) in [5.41, 5.74) is 5.93. The maximum absolute atomic E-state index is 11.9. The van der Waals surface area contributed by atoms with Gasteiger partial charge in [0.25, 0.3) is 0 Å². The molecule has 0 radical (unpaired) electrons. The van der Waals surface area contributed by atoms with Crippen LogP contribution in [0.2, 0.25) is 0 Å². The zero-order valence-corrected chi connectivity index (χ0v) is 12.2. The highest BCUT2D eigenvalue weighted by Gasteiger charge is 2.32. The van der Waals surface area contributed by atoms with Crippen LogP contribution in [0.5, 0.6) is 0 Å². The predicted octanol–water partition coefficient (Wildman–Crippen LogP) is 1.28. The number of hydrogen-bond acceptors (Lipinski definition) is 4. The number of nitrogens with zero attached hydrogens (tertiary/aromatic N) is 2. The molecule has 19 heavy (non-hydrogen) atoms. The number of amides is 1. The maximum Gasteiger partial charge on any atom is 0.409 e. The van der Waals surface area contributed by atoms with Crippen LogP contribution in [0.25, 0.3) is 0 Å². The lowest BCUT2D eigenvalue weighted by Crippen LogP contribution is -2.46. The van der Waals surface area contributed by atoms with Crippen molar-refractivity contribution in [1.82, 2.24) is 9.80 Å². The van der Waals surface area contributed by atoms with Gasteiger partial charge in [0.1, 0.15) is 0 Å². The smallest absolute Gasteiger partial charge is 0.409 e. The highest BCUT2D eigenvalue weighted by atomic mass is 16.6. The van der Waals surface area contributed by atoms with Gasteiger partial charge in [-0.25, -0.2) is 4.79 Å². The van der Waals surface area contributed by atoms with Gasteiger partial charge in [0.2, 0.25) is 0 Å². The minimum absolute atomic E-state index is 0.148. The highest BCUT2D eigenvalue weighted by Crippen LogP contribution is 2.20. The van der Waals surface area contributed by atoms with Crippen molar-refractivity contribution in [2.45, 2.75) is 45.2 Å². The van der Waals surface area contributed by atoms with E-state index < -0.39 is 0 Å². The van der Waals surface area contributed by atoms with E-state index in [4.69, 9.17) is 10.5 Å². The molecule has 110 valence electrons. The van der Waals surface area contributed by atoms with Crippen LogP contribution in [0.3, 0.4) is 0 Å². The van der Waals surface area contributed by atoms with Crippen LogP contribution in [0.4, 0.5) is 4.79 Å². The Labute approximate surface area is 116 Å². The van der Waals surface area contributed by atoms with E-state index in [1.165, 1.54) is 0 Å². The van der Waals surface area contributed by atoms with Gasteiger partial charge < -0.3 is 15.4 Å². The molecule has 0 aromatic heterocycles. The normalized spacial score (nSPS) is 26.1. The monoisotopic (exact) mass is 269 g/mol. The predicted molar refractivity (Wildman–Crippen MR) is 74.9 cm³/mol. The number of carbonyl (C=O) groups excluding carboxylic acids is 1. The van der Waals surface area contributed by atoms with E-state index in [1.807, 2.05) is 4.90 Å². The quantitative estimate of drug-likeness (QED) is 0.838. The van der Waals surface area contributed by atoms with E-state index in [1.54, 1.807) is 0 Å². The second-order valence-corrected chi connectivity index (χ2v) is 6.23. The first-order chi connectivity index (χ1) is 9.06. The molecule has 2 rings (SSSR count). The molecule has 2 aliphatic heterocycles. The SMILES string of the molecule is CC(C)COC(=O)N1CCC(N2CCC(N)CC2)C1. The average Bonchev–Trinajstić information content (AvgIpc) is 2.86.